The van der Waals surface area contributed by atoms with Crippen LogP contribution in [0.1, 0.15) is 0 Å². The maximum absolute atomic E-state index is 10.7. The van der Waals surface area contributed by atoms with E-state index in [-0.39, 0.29) is 22.6 Å². The van der Waals surface area contributed by atoms with E-state index in [1.165, 1.54) is 6.20 Å². The number of nitrogens with zero attached hydrogens (tertiary/aromatic N) is 1. The number of rotatable bonds is 2. The van der Waals surface area contributed by atoms with E-state index in [1.807, 2.05) is 18.2 Å². The zero-order valence-corrected chi connectivity index (χ0v) is 7.51. The number of nitrogens with one attached hydrogen (secondary N) is 1. The molecule has 0 saturated carbocycles. The van der Waals surface area contributed by atoms with Gasteiger partial charge < -0.3 is 11.1 Å². The Morgan fingerprint density at radius 2 is 2.43 bits per heavy atom. The average Bonchev–Trinajstić information content (AvgIpc) is 2.60. The third kappa shape index (κ3) is 1.22. The Hall–Kier alpha value is -1.62. The summed E-state index contributed by atoms with van der Waals surface area (Å²) in [6.45, 7) is 0.428. The van der Waals surface area contributed by atoms with Gasteiger partial charge in [0.05, 0.1) is 23.1 Å². The number of hydrogen-bond donors (Lipinski definition) is 2. The van der Waals surface area contributed by atoms with Crippen LogP contribution >= 0.6 is 0 Å². The van der Waals surface area contributed by atoms with Crippen LogP contribution in [0.3, 0.4) is 0 Å². The van der Waals surface area contributed by atoms with Gasteiger partial charge in [0.15, 0.2) is 0 Å². The van der Waals surface area contributed by atoms with Crippen molar-refractivity contribution < 1.29 is 4.92 Å². The molecule has 14 heavy (non-hydrogen) atoms. The van der Waals surface area contributed by atoms with Crippen LogP contribution in [-0.2, 0) is 0 Å². The molecule has 1 aliphatic carbocycles. The molecular weight excluding hydrogens is 182 g/mol. The summed E-state index contributed by atoms with van der Waals surface area (Å²) >= 11 is 0. The third-order valence-corrected chi connectivity index (χ3v) is 2.59. The van der Waals surface area contributed by atoms with E-state index in [0.717, 1.165) is 5.57 Å². The fourth-order valence-corrected chi connectivity index (χ4v) is 1.87. The van der Waals surface area contributed by atoms with Crippen molar-refractivity contribution in [2.75, 3.05) is 6.54 Å². The molecule has 0 fully saturated rings. The summed E-state index contributed by atoms with van der Waals surface area (Å²) in [6.07, 6.45) is 7.03. The molecule has 1 heterocycles. The molecule has 5 heteroatoms. The summed E-state index contributed by atoms with van der Waals surface area (Å²) < 4.78 is 0. The molecule has 5 nitrogen and oxygen atoms in total. The van der Waals surface area contributed by atoms with E-state index in [1.54, 1.807) is 0 Å². The summed E-state index contributed by atoms with van der Waals surface area (Å²) in [5.74, 6) is -0.173. The quantitative estimate of drug-likeness (QED) is 0.483. The highest BCUT2D eigenvalue weighted by Crippen LogP contribution is 2.29. The molecule has 2 aliphatic rings. The van der Waals surface area contributed by atoms with Gasteiger partial charge in [-0.2, -0.15) is 0 Å². The molecule has 0 spiro atoms. The van der Waals surface area contributed by atoms with E-state index in [4.69, 9.17) is 5.73 Å². The SMILES string of the molecule is NCC1=CC=CC2C([N+](=O)[O-])=CNC12. The Morgan fingerprint density at radius 3 is 3.07 bits per heavy atom. The first-order chi connectivity index (χ1) is 6.74. The van der Waals surface area contributed by atoms with Crippen molar-refractivity contribution in [2.24, 2.45) is 11.7 Å². The second-order valence-corrected chi connectivity index (χ2v) is 3.33. The smallest absolute Gasteiger partial charge is 0.270 e. The number of hydrogen-bond acceptors (Lipinski definition) is 4. The van der Waals surface area contributed by atoms with Gasteiger partial charge in [-0.15, -0.1) is 0 Å². The fraction of sp³-hybridized carbons (Fsp3) is 0.333. The largest absolute Gasteiger partial charge is 0.378 e. The normalized spacial score (nSPS) is 28.9. The first kappa shape index (κ1) is 8.96. The monoisotopic (exact) mass is 193 g/mol. The van der Waals surface area contributed by atoms with E-state index in [2.05, 4.69) is 5.32 Å². The molecule has 0 amide bonds. The summed E-state index contributed by atoms with van der Waals surface area (Å²) in [7, 11) is 0. The van der Waals surface area contributed by atoms with E-state index in [0.29, 0.717) is 6.54 Å². The molecule has 0 aromatic carbocycles. The molecular formula is C9H11N3O2. The molecule has 2 unspecified atom stereocenters. The summed E-state index contributed by atoms with van der Waals surface area (Å²) in [4.78, 5) is 10.3. The Bertz CT molecular complexity index is 357. The van der Waals surface area contributed by atoms with Crippen LogP contribution in [-0.4, -0.2) is 17.5 Å². The standard InChI is InChI=1S/C9H11N3O2/c10-4-6-2-1-3-7-8(12(13)14)5-11-9(6)7/h1-3,5,7,9,11H,4,10H2. The summed E-state index contributed by atoms with van der Waals surface area (Å²) in [5, 5.41) is 13.7. The zero-order valence-electron chi connectivity index (χ0n) is 7.51. The molecule has 1 aliphatic heterocycles. The molecule has 0 saturated heterocycles. The van der Waals surface area contributed by atoms with Gasteiger partial charge in [0.25, 0.3) is 5.70 Å². The van der Waals surface area contributed by atoms with Gasteiger partial charge in [-0.3, -0.25) is 10.1 Å². The lowest BCUT2D eigenvalue weighted by atomic mass is 9.89. The molecule has 3 N–H and O–H groups in total. The van der Waals surface area contributed by atoms with Crippen LogP contribution in [0.4, 0.5) is 0 Å². The number of nitrogens with two attached hydrogens (primary N) is 1. The lowest BCUT2D eigenvalue weighted by molar-refractivity contribution is -0.431. The highest BCUT2D eigenvalue weighted by Gasteiger charge is 2.38. The van der Waals surface area contributed by atoms with Gasteiger partial charge in [0.1, 0.15) is 0 Å². The Kier molecular flexibility index (Phi) is 2.09. The molecule has 0 aromatic rings. The summed E-state index contributed by atoms with van der Waals surface area (Å²) in [6, 6.07) is -0.0228. The van der Waals surface area contributed by atoms with Crippen molar-refractivity contribution in [3.63, 3.8) is 0 Å². The molecule has 2 atom stereocenters. The van der Waals surface area contributed by atoms with Crippen molar-refractivity contribution in [3.05, 3.63) is 45.8 Å². The van der Waals surface area contributed by atoms with Crippen LogP contribution in [0, 0.1) is 16.0 Å². The predicted molar refractivity (Wildman–Crippen MR) is 51.8 cm³/mol. The second kappa shape index (κ2) is 3.26. The third-order valence-electron chi connectivity index (χ3n) is 2.59. The van der Waals surface area contributed by atoms with E-state index >= 15 is 0 Å². The number of allylic oxidation sites excluding steroid dienone is 2. The topological polar surface area (TPSA) is 81.2 Å². The average molecular weight is 193 g/mol. The highest BCUT2D eigenvalue weighted by molar-refractivity contribution is 5.35. The second-order valence-electron chi connectivity index (χ2n) is 3.33. The van der Waals surface area contributed by atoms with E-state index in [9.17, 15) is 10.1 Å². The first-order valence-electron chi connectivity index (χ1n) is 4.42. The zero-order chi connectivity index (χ0) is 10.1. The van der Waals surface area contributed by atoms with Gasteiger partial charge in [-0.1, -0.05) is 18.2 Å². The van der Waals surface area contributed by atoms with Crippen molar-refractivity contribution in [1.29, 1.82) is 0 Å². The van der Waals surface area contributed by atoms with Gasteiger partial charge in [-0.05, 0) is 5.57 Å². The van der Waals surface area contributed by atoms with Gasteiger partial charge in [0, 0.05) is 6.54 Å². The summed E-state index contributed by atoms with van der Waals surface area (Å²) in [5.41, 5.74) is 6.76. The van der Waals surface area contributed by atoms with Crippen molar-refractivity contribution >= 4 is 0 Å². The maximum Gasteiger partial charge on any atom is 0.270 e. The van der Waals surface area contributed by atoms with Gasteiger partial charge in [-0.25, -0.2) is 0 Å². The minimum Gasteiger partial charge on any atom is -0.378 e. The minimum absolute atomic E-state index is 0.0228. The van der Waals surface area contributed by atoms with Crippen molar-refractivity contribution in [2.45, 2.75) is 6.04 Å². The predicted octanol–water partition coefficient (Wildman–Crippen LogP) is 0.147. The van der Waals surface area contributed by atoms with Crippen LogP contribution in [0.15, 0.2) is 35.7 Å². The first-order valence-corrected chi connectivity index (χ1v) is 4.42. The van der Waals surface area contributed by atoms with Crippen LogP contribution in [0.25, 0.3) is 0 Å². The lowest BCUT2D eigenvalue weighted by Gasteiger charge is -2.21. The van der Waals surface area contributed by atoms with Crippen LogP contribution in [0.2, 0.25) is 0 Å². The van der Waals surface area contributed by atoms with Gasteiger partial charge >= 0.3 is 0 Å². The molecule has 0 radical (unpaired) electrons. The molecule has 2 rings (SSSR count). The minimum atomic E-state index is -0.346. The number of nitro groups is 1. The van der Waals surface area contributed by atoms with Crippen molar-refractivity contribution in [3.8, 4) is 0 Å². The maximum atomic E-state index is 10.7. The number of fused-ring (bicyclic) bond motifs is 1. The fourth-order valence-electron chi connectivity index (χ4n) is 1.87. The van der Waals surface area contributed by atoms with E-state index < -0.39 is 0 Å². The Morgan fingerprint density at radius 1 is 1.64 bits per heavy atom. The van der Waals surface area contributed by atoms with Crippen LogP contribution in [0.5, 0.6) is 0 Å². The van der Waals surface area contributed by atoms with Gasteiger partial charge in [0.2, 0.25) is 0 Å². The Labute approximate surface area is 81.1 Å². The van der Waals surface area contributed by atoms with Crippen molar-refractivity contribution in [1.82, 2.24) is 5.32 Å². The Balaban J connectivity index is 2.26. The molecule has 0 aromatic heterocycles. The molecule has 0 bridgehead atoms. The van der Waals surface area contributed by atoms with Crippen LogP contribution < -0.4 is 11.1 Å². The molecule has 74 valence electrons. The lowest BCUT2D eigenvalue weighted by Crippen LogP contribution is -2.34. The highest BCUT2D eigenvalue weighted by atomic mass is 16.6.